The summed E-state index contributed by atoms with van der Waals surface area (Å²) in [7, 11) is 1.41. The van der Waals surface area contributed by atoms with Crippen LogP contribution in [0.5, 0.6) is 0 Å². The summed E-state index contributed by atoms with van der Waals surface area (Å²) >= 11 is 1.80. The molecule has 2 aromatic rings. The molecule has 4 heteroatoms. The third-order valence-corrected chi connectivity index (χ3v) is 4.86. The number of anilines is 1. The van der Waals surface area contributed by atoms with E-state index in [1.165, 1.54) is 24.8 Å². The van der Waals surface area contributed by atoms with Crippen molar-refractivity contribution in [2.45, 2.75) is 25.8 Å². The van der Waals surface area contributed by atoms with Crippen molar-refractivity contribution < 1.29 is 9.53 Å². The molecule has 1 fully saturated rings. The summed E-state index contributed by atoms with van der Waals surface area (Å²) in [5.74, 6) is 0.435. The van der Waals surface area contributed by atoms with Crippen LogP contribution < -0.4 is 5.32 Å². The summed E-state index contributed by atoms with van der Waals surface area (Å²) < 4.78 is 4.76. The van der Waals surface area contributed by atoms with Crippen LogP contribution in [-0.4, -0.2) is 13.1 Å². The number of thiophene rings is 1. The smallest absolute Gasteiger partial charge is 0.337 e. The predicted molar refractivity (Wildman–Crippen MR) is 85.9 cm³/mol. The maximum absolute atomic E-state index is 11.6. The van der Waals surface area contributed by atoms with Gasteiger partial charge in [-0.05, 0) is 60.9 Å². The van der Waals surface area contributed by atoms with Gasteiger partial charge in [0.25, 0.3) is 0 Å². The van der Waals surface area contributed by atoms with Crippen LogP contribution in [0, 0.1) is 12.8 Å². The molecule has 0 spiro atoms. The van der Waals surface area contributed by atoms with Crippen LogP contribution in [0.15, 0.2) is 35.7 Å². The second-order valence-corrected chi connectivity index (χ2v) is 6.48. The molecule has 110 valence electrons. The number of ether oxygens (including phenoxy) is 1. The van der Waals surface area contributed by atoms with Gasteiger partial charge in [-0.1, -0.05) is 6.07 Å². The summed E-state index contributed by atoms with van der Waals surface area (Å²) in [6.45, 7) is 2.02. The normalized spacial score (nSPS) is 15.5. The van der Waals surface area contributed by atoms with Gasteiger partial charge in [-0.25, -0.2) is 4.79 Å². The molecular weight excluding hydrogens is 282 g/mol. The Balaban J connectivity index is 1.82. The summed E-state index contributed by atoms with van der Waals surface area (Å²) in [5.41, 5.74) is 2.76. The minimum Gasteiger partial charge on any atom is -0.465 e. The van der Waals surface area contributed by atoms with Crippen molar-refractivity contribution in [3.63, 3.8) is 0 Å². The van der Waals surface area contributed by atoms with E-state index in [0.717, 1.165) is 17.2 Å². The number of hydrogen-bond acceptors (Lipinski definition) is 4. The number of benzene rings is 1. The maximum atomic E-state index is 11.6. The second-order valence-electron chi connectivity index (χ2n) is 5.50. The van der Waals surface area contributed by atoms with Gasteiger partial charge in [0.15, 0.2) is 0 Å². The highest BCUT2D eigenvalue weighted by molar-refractivity contribution is 7.10. The van der Waals surface area contributed by atoms with E-state index >= 15 is 0 Å². The Morgan fingerprint density at radius 3 is 2.76 bits per heavy atom. The second kappa shape index (κ2) is 5.90. The summed E-state index contributed by atoms with van der Waals surface area (Å²) in [6.07, 6.45) is 2.57. The Kier molecular flexibility index (Phi) is 3.97. The molecule has 1 N–H and O–H groups in total. The first kappa shape index (κ1) is 14.1. The van der Waals surface area contributed by atoms with Gasteiger partial charge in [0.2, 0.25) is 0 Å². The molecule has 1 saturated carbocycles. The summed E-state index contributed by atoms with van der Waals surface area (Å²) in [6, 6.07) is 10.4. The fraction of sp³-hybridized carbons (Fsp3) is 0.353. The molecule has 3 nitrogen and oxygen atoms in total. The monoisotopic (exact) mass is 301 g/mol. The van der Waals surface area contributed by atoms with E-state index in [-0.39, 0.29) is 5.97 Å². The molecular formula is C17H19NO2S. The lowest BCUT2D eigenvalue weighted by atomic mass is 10.1. The zero-order valence-electron chi connectivity index (χ0n) is 12.3. The van der Waals surface area contributed by atoms with E-state index in [1.807, 2.05) is 25.1 Å². The number of rotatable bonds is 5. The number of aryl methyl sites for hydroxylation is 1. The molecule has 3 rings (SSSR count). The largest absolute Gasteiger partial charge is 0.465 e. The first-order valence-corrected chi connectivity index (χ1v) is 8.06. The minimum atomic E-state index is -0.290. The minimum absolute atomic E-state index is 0.290. The maximum Gasteiger partial charge on any atom is 0.337 e. The van der Waals surface area contributed by atoms with Crippen LogP contribution in [0.3, 0.4) is 0 Å². The Morgan fingerprint density at radius 2 is 2.19 bits per heavy atom. The fourth-order valence-electron chi connectivity index (χ4n) is 2.56. The van der Waals surface area contributed by atoms with Gasteiger partial charge in [-0.15, -0.1) is 11.3 Å². The van der Waals surface area contributed by atoms with Gasteiger partial charge in [0, 0.05) is 10.6 Å². The molecule has 0 bridgehead atoms. The number of hydrogen-bond donors (Lipinski definition) is 1. The summed E-state index contributed by atoms with van der Waals surface area (Å²) in [4.78, 5) is 12.9. The van der Waals surface area contributed by atoms with E-state index in [2.05, 4.69) is 22.8 Å². The van der Waals surface area contributed by atoms with Crippen molar-refractivity contribution in [2.24, 2.45) is 5.92 Å². The number of carbonyl (C=O) groups is 1. The first-order chi connectivity index (χ1) is 10.2. The topological polar surface area (TPSA) is 38.3 Å². The van der Waals surface area contributed by atoms with Crippen LogP contribution in [0.1, 0.15) is 39.7 Å². The highest BCUT2D eigenvalue weighted by Gasteiger charge is 2.33. The summed E-state index contributed by atoms with van der Waals surface area (Å²) in [5, 5.41) is 5.78. The lowest BCUT2D eigenvalue weighted by Crippen LogP contribution is -2.13. The van der Waals surface area contributed by atoms with Crippen molar-refractivity contribution in [2.75, 3.05) is 12.4 Å². The van der Waals surface area contributed by atoms with Crippen LogP contribution >= 0.6 is 11.3 Å². The van der Waals surface area contributed by atoms with Crippen molar-refractivity contribution >= 4 is 23.0 Å². The molecule has 0 saturated heterocycles. The van der Waals surface area contributed by atoms with E-state index in [0.29, 0.717) is 11.6 Å². The number of nitrogens with one attached hydrogen (secondary N) is 1. The van der Waals surface area contributed by atoms with Gasteiger partial charge in [-0.3, -0.25) is 0 Å². The Hall–Kier alpha value is -1.81. The van der Waals surface area contributed by atoms with E-state index in [4.69, 9.17) is 4.74 Å². The molecule has 1 heterocycles. The van der Waals surface area contributed by atoms with Gasteiger partial charge in [-0.2, -0.15) is 0 Å². The van der Waals surface area contributed by atoms with Crippen molar-refractivity contribution in [3.05, 3.63) is 51.7 Å². The van der Waals surface area contributed by atoms with Crippen molar-refractivity contribution in [3.8, 4) is 0 Å². The number of carbonyl (C=O) groups excluding carboxylic acids is 1. The van der Waals surface area contributed by atoms with E-state index < -0.39 is 0 Å². The van der Waals surface area contributed by atoms with Gasteiger partial charge >= 0.3 is 5.97 Å². The lowest BCUT2D eigenvalue weighted by molar-refractivity contribution is 0.0600. The van der Waals surface area contributed by atoms with E-state index in [9.17, 15) is 4.79 Å². The Bertz CT molecular complexity index is 632. The highest BCUT2D eigenvalue weighted by Crippen LogP contribution is 2.44. The number of methoxy groups -OCH3 is 1. The average Bonchev–Trinajstić information content (AvgIpc) is 3.19. The fourth-order valence-corrected chi connectivity index (χ4v) is 3.43. The molecule has 1 aromatic heterocycles. The molecule has 0 aliphatic heterocycles. The van der Waals surface area contributed by atoms with Crippen LogP contribution in [0.4, 0.5) is 5.69 Å². The third kappa shape index (κ3) is 3.10. The lowest BCUT2D eigenvalue weighted by Gasteiger charge is -2.20. The van der Waals surface area contributed by atoms with Crippen LogP contribution in [0.2, 0.25) is 0 Å². The van der Waals surface area contributed by atoms with Gasteiger partial charge in [0.1, 0.15) is 0 Å². The first-order valence-electron chi connectivity index (χ1n) is 7.18. The third-order valence-electron chi connectivity index (χ3n) is 3.90. The van der Waals surface area contributed by atoms with Crippen LogP contribution in [-0.2, 0) is 4.74 Å². The molecule has 1 aromatic carbocycles. The zero-order chi connectivity index (χ0) is 14.8. The number of esters is 1. The highest BCUT2D eigenvalue weighted by atomic mass is 32.1. The van der Waals surface area contributed by atoms with E-state index in [1.54, 1.807) is 11.3 Å². The Morgan fingerprint density at radius 1 is 1.38 bits per heavy atom. The molecule has 1 aliphatic rings. The average molecular weight is 301 g/mol. The van der Waals surface area contributed by atoms with Crippen LogP contribution in [0.25, 0.3) is 0 Å². The molecule has 0 radical (unpaired) electrons. The van der Waals surface area contributed by atoms with Crippen molar-refractivity contribution in [1.82, 2.24) is 0 Å². The molecule has 21 heavy (non-hydrogen) atoms. The zero-order valence-corrected chi connectivity index (χ0v) is 13.1. The van der Waals surface area contributed by atoms with Crippen molar-refractivity contribution in [1.29, 1.82) is 0 Å². The van der Waals surface area contributed by atoms with Gasteiger partial charge in [0.05, 0.1) is 18.7 Å². The molecule has 1 atom stereocenters. The van der Waals surface area contributed by atoms with Gasteiger partial charge < -0.3 is 10.1 Å². The standard InChI is InChI=1S/C17H19NO2S/c1-11-10-13(17(19)20-2)7-8-14(11)18-16(12-5-6-12)15-4-3-9-21-15/h3-4,7-10,12,16,18H,5-6H2,1-2H3. The molecule has 1 aliphatic carbocycles. The molecule has 0 amide bonds. The Labute approximate surface area is 129 Å². The SMILES string of the molecule is COC(=O)c1ccc(NC(c2cccs2)C2CC2)c(C)c1. The predicted octanol–water partition coefficient (Wildman–Crippen LogP) is 4.41. The molecule has 1 unspecified atom stereocenters. The quantitative estimate of drug-likeness (QED) is 0.832.